The molecule has 0 saturated carbocycles. The second kappa shape index (κ2) is 13.5. The van der Waals surface area contributed by atoms with Gasteiger partial charge in [-0.25, -0.2) is 13.8 Å². The highest BCUT2D eigenvalue weighted by Gasteiger charge is 2.26. The summed E-state index contributed by atoms with van der Waals surface area (Å²) in [6, 6.07) is 19.4. The first kappa shape index (κ1) is 31.3. The summed E-state index contributed by atoms with van der Waals surface area (Å²) in [7, 11) is -3.94. The van der Waals surface area contributed by atoms with Gasteiger partial charge in [-0.1, -0.05) is 58.6 Å². The molecule has 0 spiro atoms. The molecule has 4 aromatic rings. The van der Waals surface area contributed by atoms with Crippen LogP contribution in [0.3, 0.4) is 0 Å². The van der Waals surface area contributed by atoms with Crippen molar-refractivity contribution in [3.05, 3.63) is 116 Å². The zero-order valence-corrected chi connectivity index (χ0v) is 25.5. The van der Waals surface area contributed by atoms with E-state index in [1.165, 1.54) is 10.5 Å². The van der Waals surface area contributed by atoms with Crippen LogP contribution < -0.4 is 10.7 Å². The summed E-state index contributed by atoms with van der Waals surface area (Å²) >= 11 is 18.1. The van der Waals surface area contributed by atoms with Gasteiger partial charge < -0.3 is 9.73 Å². The van der Waals surface area contributed by atoms with Crippen molar-refractivity contribution in [2.24, 2.45) is 5.10 Å². The number of aryl methyl sites for hydroxylation is 2. The molecular weight excluding hydrogens is 623 g/mol. The topological polar surface area (TPSA) is 121 Å². The predicted molar refractivity (Wildman–Crippen MR) is 163 cm³/mol. The third-order valence-electron chi connectivity index (χ3n) is 6.02. The standard InChI is InChI=1S/C29H25Cl3N4O5S/c1-18-3-9-24(10-4-18)42(39,40)36(16-20-5-11-25(31)26(32)14-20)17-23-8-7-22(41-23)15-33-35-29(38)28(37)34-27-12-6-21(30)13-19(27)2/h3-15H,16-17H2,1-2H3,(H,34,37)(H,35,38)/b33-15+. The van der Waals surface area contributed by atoms with Crippen LogP contribution in [-0.4, -0.2) is 30.8 Å². The zero-order chi connectivity index (χ0) is 30.4. The van der Waals surface area contributed by atoms with Crippen molar-refractivity contribution in [3.8, 4) is 0 Å². The number of carbonyl (C=O) groups excluding carboxylic acids is 2. The normalized spacial score (nSPS) is 11.7. The third-order valence-corrected chi connectivity index (χ3v) is 8.80. The van der Waals surface area contributed by atoms with Gasteiger partial charge in [-0.2, -0.15) is 9.41 Å². The Balaban J connectivity index is 1.46. The molecule has 42 heavy (non-hydrogen) atoms. The summed E-state index contributed by atoms with van der Waals surface area (Å²) in [6.45, 7) is 3.49. The van der Waals surface area contributed by atoms with E-state index in [1.807, 2.05) is 6.92 Å². The Hall–Kier alpha value is -3.67. The molecule has 0 fully saturated rings. The maximum atomic E-state index is 13.6. The Morgan fingerprint density at radius 2 is 1.62 bits per heavy atom. The summed E-state index contributed by atoms with van der Waals surface area (Å²) in [5.41, 5.74) is 4.80. The predicted octanol–water partition coefficient (Wildman–Crippen LogP) is 6.34. The molecule has 0 aliphatic carbocycles. The zero-order valence-electron chi connectivity index (χ0n) is 22.4. The molecule has 2 amide bonds. The number of furan rings is 1. The van der Waals surface area contributed by atoms with Gasteiger partial charge >= 0.3 is 11.8 Å². The van der Waals surface area contributed by atoms with Crippen LogP contribution >= 0.6 is 34.8 Å². The van der Waals surface area contributed by atoms with Gasteiger partial charge in [-0.3, -0.25) is 9.59 Å². The van der Waals surface area contributed by atoms with Gasteiger partial charge in [-0.05, 0) is 79.6 Å². The molecule has 13 heteroatoms. The van der Waals surface area contributed by atoms with Gasteiger partial charge in [0.05, 0.1) is 27.7 Å². The molecular formula is C29H25Cl3N4O5S. The van der Waals surface area contributed by atoms with Crippen molar-refractivity contribution < 1.29 is 22.4 Å². The van der Waals surface area contributed by atoms with E-state index in [4.69, 9.17) is 39.2 Å². The minimum Gasteiger partial charge on any atom is -0.459 e. The van der Waals surface area contributed by atoms with Crippen molar-refractivity contribution >= 4 is 68.5 Å². The number of benzene rings is 3. The molecule has 0 saturated heterocycles. The van der Waals surface area contributed by atoms with Crippen LogP contribution in [0.15, 0.2) is 87.2 Å². The lowest BCUT2D eigenvalue weighted by atomic mass is 10.2. The maximum absolute atomic E-state index is 13.6. The van der Waals surface area contributed by atoms with E-state index in [-0.39, 0.29) is 23.7 Å². The number of sulfonamides is 1. The SMILES string of the molecule is Cc1ccc(S(=O)(=O)N(Cc2ccc(Cl)c(Cl)c2)Cc2ccc(/C=N/NC(=O)C(=O)Nc3ccc(Cl)cc3C)o2)cc1. The van der Waals surface area contributed by atoms with Gasteiger partial charge in [-0.15, -0.1) is 0 Å². The Morgan fingerprint density at radius 3 is 2.31 bits per heavy atom. The van der Waals surface area contributed by atoms with Gasteiger partial charge in [0.1, 0.15) is 11.5 Å². The third kappa shape index (κ3) is 7.99. The number of hydrogen-bond acceptors (Lipinski definition) is 6. The largest absolute Gasteiger partial charge is 0.459 e. The van der Waals surface area contributed by atoms with E-state index >= 15 is 0 Å². The molecule has 3 aromatic carbocycles. The molecule has 4 rings (SSSR count). The van der Waals surface area contributed by atoms with Crippen molar-refractivity contribution in [3.63, 3.8) is 0 Å². The van der Waals surface area contributed by atoms with E-state index in [0.717, 1.165) is 5.56 Å². The quantitative estimate of drug-likeness (QED) is 0.125. The molecule has 0 unspecified atom stereocenters. The molecule has 0 bridgehead atoms. The Kier molecular flexibility index (Phi) is 10.1. The summed E-state index contributed by atoms with van der Waals surface area (Å²) < 4.78 is 34.2. The van der Waals surface area contributed by atoms with Crippen LogP contribution in [0.5, 0.6) is 0 Å². The number of anilines is 1. The summed E-state index contributed by atoms with van der Waals surface area (Å²) in [5, 5.41) is 7.41. The number of nitrogens with zero attached hydrogens (tertiary/aromatic N) is 2. The number of hydrazone groups is 1. The minimum absolute atomic E-state index is 0.00448. The number of amides is 2. The van der Waals surface area contributed by atoms with Crippen LogP contribution in [0.25, 0.3) is 0 Å². The molecule has 1 aromatic heterocycles. The van der Waals surface area contributed by atoms with Crippen LogP contribution in [0.2, 0.25) is 15.1 Å². The summed E-state index contributed by atoms with van der Waals surface area (Å²) in [4.78, 5) is 24.5. The first-order valence-corrected chi connectivity index (χ1v) is 15.0. The maximum Gasteiger partial charge on any atom is 0.329 e. The number of hydrogen-bond donors (Lipinski definition) is 2. The summed E-state index contributed by atoms with van der Waals surface area (Å²) in [6.07, 6.45) is 1.19. The molecule has 0 atom stereocenters. The van der Waals surface area contributed by atoms with Crippen LogP contribution in [0, 0.1) is 13.8 Å². The lowest BCUT2D eigenvalue weighted by Crippen LogP contribution is -2.32. The molecule has 2 N–H and O–H groups in total. The second-order valence-electron chi connectivity index (χ2n) is 9.25. The van der Waals surface area contributed by atoms with Gasteiger partial charge in [0, 0.05) is 17.3 Å². The van der Waals surface area contributed by atoms with Crippen molar-refractivity contribution in [2.75, 3.05) is 5.32 Å². The molecule has 0 aliphatic rings. The molecule has 0 aliphatic heterocycles. The first-order chi connectivity index (χ1) is 19.9. The van der Waals surface area contributed by atoms with Crippen molar-refractivity contribution in [2.45, 2.75) is 31.8 Å². The first-order valence-electron chi connectivity index (χ1n) is 12.4. The Bertz CT molecular complexity index is 1760. The molecule has 218 valence electrons. The lowest BCUT2D eigenvalue weighted by molar-refractivity contribution is -0.136. The lowest BCUT2D eigenvalue weighted by Gasteiger charge is -2.22. The highest BCUT2D eigenvalue weighted by atomic mass is 35.5. The molecule has 1 heterocycles. The highest BCUT2D eigenvalue weighted by Crippen LogP contribution is 2.27. The number of nitrogens with one attached hydrogen (secondary N) is 2. The van der Waals surface area contributed by atoms with Crippen LogP contribution in [-0.2, 0) is 32.7 Å². The minimum atomic E-state index is -3.94. The fraction of sp³-hybridized carbons (Fsp3) is 0.138. The van der Waals surface area contributed by atoms with E-state index in [0.29, 0.717) is 37.6 Å². The number of rotatable bonds is 9. The number of halogens is 3. The fourth-order valence-electron chi connectivity index (χ4n) is 3.80. The molecule has 0 radical (unpaired) electrons. The highest BCUT2D eigenvalue weighted by molar-refractivity contribution is 7.89. The number of carbonyl (C=O) groups is 2. The molecule has 9 nitrogen and oxygen atoms in total. The Morgan fingerprint density at radius 1 is 0.881 bits per heavy atom. The second-order valence-corrected chi connectivity index (χ2v) is 12.4. The fourth-order valence-corrected chi connectivity index (χ4v) is 5.74. The van der Waals surface area contributed by atoms with Gasteiger partial charge in [0.15, 0.2) is 0 Å². The van der Waals surface area contributed by atoms with E-state index < -0.39 is 21.8 Å². The van der Waals surface area contributed by atoms with Crippen molar-refractivity contribution in [1.29, 1.82) is 0 Å². The van der Waals surface area contributed by atoms with Crippen LogP contribution in [0.1, 0.15) is 28.2 Å². The van der Waals surface area contributed by atoms with E-state index in [2.05, 4.69) is 15.8 Å². The van der Waals surface area contributed by atoms with Crippen molar-refractivity contribution in [1.82, 2.24) is 9.73 Å². The Labute approximate surface area is 258 Å². The monoisotopic (exact) mass is 646 g/mol. The van der Waals surface area contributed by atoms with Gasteiger partial charge in [0.2, 0.25) is 10.0 Å². The summed E-state index contributed by atoms with van der Waals surface area (Å²) in [5.74, 6) is -1.38. The van der Waals surface area contributed by atoms with E-state index in [9.17, 15) is 18.0 Å². The average Bonchev–Trinajstić information content (AvgIpc) is 3.39. The van der Waals surface area contributed by atoms with Crippen LogP contribution in [0.4, 0.5) is 5.69 Å². The van der Waals surface area contributed by atoms with E-state index in [1.54, 1.807) is 79.7 Å². The van der Waals surface area contributed by atoms with Gasteiger partial charge in [0.25, 0.3) is 0 Å². The average molecular weight is 648 g/mol. The smallest absolute Gasteiger partial charge is 0.329 e.